The number of aromatic nitrogens is 3. The average Bonchev–Trinajstić information content (AvgIpc) is 2.94. The van der Waals surface area contributed by atoms with Gasteiger partial charge < -0.3 is 0 Å². The van der Waals surface area contributed by atoms with Gasteiger partial charge in [-0.2, -0.15) is 0 Å². The van der Waals surface area contributed by atoms with Gasteiger partial charge in [0.25, 0.3) is 5.56 Å². The molecule has 1 aromatic carbocycles. The first-order valence-corrected chi connectivity index (χ1v) is 8.17. The van der Waals surface area contributed by atoms with Gasteiger partial charge in [0.2, 0.25) is 0 Å². The van der Waals surface area contributed by atoms with Crippen LogP contribution < -0.4 is 5.56 Å². The van der Waals surface area contributed by atoms with Crippen molar-refractivity contribution in [1.29, 1.82) is 0 Å². The van der Waals surface area contributed by atoms with Crippen molar-refractivity contribution in [3.05, 3.63) is 58.0 Å². The molecular weight excluding hydrogens is 310 g/mol. The molecule has 23 heavy (non-hydrogen) atoms. The van der Waals surface area contributed by atoms with E-state index in [-0.39, 0.29) is 5.56 Å². The summed E-state index contributed by atoms with van der Waals surface area (Å²) in [7, 11) is 0. The Morgan fingerprint density at radius 2 is 1.91 bits per heavy atom. The molecule has 5 heteroatoms. The SMILES string of the molecule is CCCCn1c(=O)c2ccccc2c2nc3ccc(Cl)cn3c21. The van der Waals surface area contributed by atoms with Crippen LogP contribution in [0.4, 0.5) is 0 Å². The lowest BCUT2D eigenvalue weighted by Gasteiger charge is -2.10. The number of unbranched alkanes of at least 4 members (excludes halogenated alkanes) is 1. The van der Waals surface area contributed by atoms with E-state index in [1.807, 2.05) is 51.6 Å². The summed E-state index contributed by atoms with van der Waals surface area (Å²) in [4.78, 5) is 17.7. The van der Waals surface area contributed by atoms with Crippen LogP contribution in [0.5, 0.6) is 0 Å². The molecule has 0 atom stereocenters. The zero-order chi connectivity index (χ0) is 16.0. The molecule has 0 saturated carbocycles. The smallest absolute Gasteiger partial charge is 0.260 e. The summed E-state index contributed by atoms with van der Waals surface area (Å²) < 4.78 is 3.75. The number of benzene rings is 1. The molecule has 0 fully saturated rings. The van der Waals surface area contributed by atoms with Gasteiger partial charge in [-0.1, -0.05) is 43.1 Å². The first kappa shape index (κ1) is 14.3. The van der Waals surface area contributed by atoms with Gasteiger partial charge in [-0.25, -0.2) is 4.98 Å². The fourth-order valence-corrected chi connectivity index (χ4v) is 3.25. The number of pyridine rings is 2. The van der Waals surface area contributed by atoms with Crippen LogP contribution in [0.3, 0.4) is 0 Å². The Balaban J connectivity index is 2.25. The lowest BCUT2D eigenvalue weighted by atomic mass is 10.1. The van der Waals surface area contributed by atoms with Crippen LogP contribution in [0.2, 0.25) is 5.02 Å². The quantitative estimate of drug-likeness (QED) is 0.564. The Morgan fingerprint density at radius 3 is 2.70 bits per heavy atom. The maximum absolute atomic E-state index is 13.0. The normalized spacial score (nSPS) is 11.7. The maximum Gasteiger partial charge on any atom is 0.260 e. The number of hydrogen-bond acceptors (Lipinski definition) is 2. The summed E-state index contributed by atoms with van der Waals surface area (Å²) in [6.45, 7) is 2.80. The van der Waals surface area contributed by atoms with Crippen molar-refractivity contribution in [2.75, 3.05) is 0 Å². The highest BCUT2D eigenvalue weighted by atomic mass is 35.5. The van der Waals surface area contributed by atoms with Gasteiger partial charge in [0.1, 0.15) is 16.8 Å². The minimum absolute atomic E-state index is 0.0309. The number of rotatable bonds is 3. The summed E-state index contributed by atoms with van der Waals surface area (Å²) >= 11 is 6.15. The maximum atomic E-state index is 13.0. The second-order valence-corrected chi connectivity index (χ2v) is 6.15. The van der Waals surface area contributed by atoms with E-state index in [4.69, 9.17) is 16.6 Å². The fraction of sp³-hybridized carbons (Fsp3) is 0.222. The number of hydrogen-bond donors (Lipinski definition) is 0. The van der Waals surface area contributed by atoms with Crippen LogP contribution in [-0.2, 0) is 6.54 Å². The number of fused-ring (bicyclic) bond motifs is 5. The summed E-state index contributed by atoms with van der Waals surface area (Å²) in [5.74, 6) is 0. The number of aryl methyl sites for hydroxylation is 1. The lowest BCUT2D eigenvalue weighted by Crippen LogP contribution is -2.21. The van der Waals surface area contributed by atoms with E-state index in [2.05, 4.69) is 6.92 Å². The standard InChI is InChI=1S/C18H16ClN3O/c1-2-3-10-21-17-16(13-6-4-5-7-14(13)18(21)23)20-15-9-8-12(19)11-22(15)17/h4-9,11H,2-3,10H2,1H3. The molecule has 0 aliphatic heterocycles. The van der Waals surface area contributed by atoms with Crippen LogP contribution in [0.1, 0.15) is 19.8 Å². The highest BCUT2D eigenvalue weighted by Crippen LogP contribution is 2.25. The minimum atomic E-state index is 0.0309. The Hall–Kier alpha value is -2.33. The van der Waals surface area contributed by atoms with E-state index in [1.54, 1.807) is 0 Å². The Kier molecular flexibility index (Phi) is 3.34. The fourth-order valence-electron chi connectivity index (χ4n) is 3.09. The topological polar surface area (TPSA) is 39.3 Å². The molecule has 0 aliphatic carbocycles. The Morgan fingerprint density at radius 1 is 1.13 bits per heavy atom. The molecule has 0 aliphatic rings. The molecule has 0 unspecified atom stereocenters. The van der Waals surface area contributed by atoms with Crippen molar-refractivity contribution in [1.82, 2.24) is 14.0 Å². The Bertz CT molecular complexity index is 1090. The van der Waals surface area contributed by atoms with Crippen molar-refractivity contribution in [2.24, 2.45) is 0 Å². The van der Waals surface area contributed by atoms with Crippen molar-refractivity contribution in [2.45, 2.75) is 26.3 Å². The number of halogens is 1. The third-order valence-corrected chi connectivity index (χ3v) is 4.43. The predicted molar refractivity (Wildman–Crippen MR) is 94.4 cm³/mol. The van der Waals surface area contributed by atoms with Crippen LogP contribution in [0, 0.1) is 0 Å². The van der Waals surface area contributed by atoms with Gasteiger partial charge in [-0.15, -0.1) is 0 Å². The zero-order valence-electron chi connectivity index (χ0n) is 12.8. The third-order valence-electron chi connectivity index (χ3n) is 4.21. The second kappa shape index (κ2) is 5.39. The second-order valence-electron chi connectivity index (χ2n) is 5.72. The van der Waals surface area contributed by atoms with Crippen LogP contribution >= 0.6 is 11.6 Å². The molecule has 4 rings (SSSR count). The van der Waals surface area contributed by atoms with Crippen LogP contribution in [0.25, 0.3) is 27.6 Å². The number of nitrogens with zero attached hydrogens (tertiary/aromatic N) is 3. The molecular formula is C18H16ClN3O. The van der Waals surface area contributed by atoms with Gasteiger partial charge in [0.15, 0.2) is 0 Å². The summed E-state index contributed by atoms with van der Waals surface area (Å²) in [5, 5.41) is 2.23. The van der Waals surface area contributed by atoms with Gasteiger partial charge in [-0.05, 0) is 24.6 Å². The predicted octanol–water partition coefficient (Wildman–Crippen LogP) is 4.26. The first-order chi connectivity index (χ1) is 11.2. The molecule has 0 radical (unpaired) electrons. The summed E-state index contributed by atoms with van der Waals surface area (Å²) in [6, 6.07) is 11.4. The van der Waals surface area contributed by atoms with E-state index in [0.717, 1.165) is 35.0 Å². The molecule has 0 saturated heterocycles. The summed E-state index contributed by atoms with van der Waals surface area (Å²) in [5.41, 5.74) is 2.49. The Labute approximate surface area is 137 Å². The van der Waals surface area contributed by atoms with Crippen molar-refractivity contribution in [3.8, 4) is 0 Å². The molecule has 0 spiro atoms. The lowest BCUT2D eigenvalue weighted by molar-refractivity contribution is 0.629. The molecule has 0 amide bonds. The van der Waals surface area contributed by atoms with E-state index >= 15 is 0 Å². The van der Waals surface area contributed by atoms with Crippen molar-refractivity contribution >= 4 is 39.2 Å². The average molecular weight is 326 g/mol. The molecule has 0 N–H and O–H groups in total. The zero-order valence-corrected chi connectivity index (χ0v) is 13.5. The van der Waals surface area contributed by atoms with Crippen LogP contribution in [0.15, 0.2) is 47.4 Å². The van der Waals surface area contributed by atoms with Gasteiger partial charge in [0, 0.05) is 23.5 Å². The molecule has 0 bridgehead atoms. The van der Waals surface area contributed by atoms with Crippen molar-refractivity contribution in [3.63, 3.8) is 0 Å². The van der Waals surface area contributed by atoms with E-state index < -0.39 is 0 Å². The van der Waals surface area contributed by atoms with E-state index in [1.165, 1.54) is 0 Å². The first-order valence-electron chi connectivity index (χ1n) is 7.79. The molecule has 4 aromatic rings. The van der Waals surface area contributed by atoms with E-state index in [9.17, 15) is 4.79 Å². The minimum Gasteiger partial charge on any atom is -0.292 e. The largest absolute Gasteiger partial charge is 0.292 e. The highest BCUT2D eigenvalue weighted by Gasteiger charge is 2.15. The molecule has 3 heterocycles. The highest BCUT2D eigenvalue weighted by molar-refractivity contribution is 6.30. The monoisotopic (exact) mass is 325 g/mol. The third kappa shape index (κ3) is 2.13. The van der Waals surface area contributed by atoms with Gasteiger partial charge in [-0.3, -0.25) is 13.8 Å². The summed E-state index contributed by atoms with van der Waals surface area (Å²) in [6.07, 6.45) is 3.79. The number of imidazole rings is 1. The van der Waals surface area contributed by atoms with E-state index in [0.29, 0.717) is 17.0 Å². The van der Waals surface area contributed by atoms with Crippen molar-refractivity contribution < 1.29 is 0 Å². The van der Waals surface area contributed by atoms with Crippen LogP contribution in [-0.4, -0.2) is 14.0 Å². The molecule has 3 aromatic heterocycles. The van der Waals surface area contributed by atoms with Gasteiger partial charge >= 0.3 is 0 Å². The molecule has 4 nitrogen and oxygen atoms in total. The van der Waals surface area contributed by atoms with Gasteiger partial charge in [0.05, 0.1) is 5.02 Å². The molecule has 116 valence electrons.